The molecule has 6 nitrogen and oxygen atoms in total. The monoisotopic (exact) mass is 324 g/mol. The highest BCUT2D eigenvalue weighted by molar-refractivity contribution is 5.42. The molecule has 0 unspecified atom stereocenters. The zero-order valence-corrected chi connectivity index (χ0v) is 14.2. The molecule has 2 aromatic heterocycles. The lowest BCUT2D eigenvalue weighted by Gasteiger charge is -2.44. The van der Waals surface area contributed by atoms with Gasteiger partial charge in [-0.05, 0) is 50.9 Å². The maximum atomic E-state index is 4.72. The summed E-state index contributed by atoms with van der Waals surface area (Å²) in [5, 5.41) is 13.5. The fraction of sp³-hybridized carbons (Fsp3) is 0.611. The summed E-state index contributed by atoms with van der Waals surface area (Å²) < 4.78 is 2.17. The summed E-state index contributed by atoms with van der Waals surface area (Å²) in [5.74, 6) is 1.70. The number of hydrogen-bond donors (Lipinski definition) is 0. The molecule has 5 rings (SSSR count). The largest absolute Gasteiger partial charge is 0.352 e. The molecule has 1 saturated carbocycles. The standard InChI is InChI=1S/C18H24N6/c1-22(10-14-9-15-3-2-8-24(15)21-14)16-11-23(12-16)18-7-6-17(19-20-18)13-4-5-13/h6-7,9,13,16H,2-5,8,10-12H2,1H3. The number of anilines is 1. The van der Waals surface area contributed by atoms with Gasteiger partial charge in [-0.1, -0.05) is 0 Å². The van der Waals surface area contributed by atoms with E-state index in [2.05, 4.69) is 49.9 Å². The van der Waals surface area contributed by atoms with Gasteiger partial charge in [0.05, 0.1) is 11.4 Å². The summed E-state index contributed by atoms with van der Waals surface area (Å²) in [6.07, 6.45) is 4.99. The molecule has 2 fully saturated rings. The second-order valence-corrected chi connectivity index (χ2v) is 7.52. The Bertz CT molecular complexity index is 705. The van der Waals surface area contributed by atoms with Crippen LogP contribution >= 0.6 is 0 Å². The first-order valence-corrected chi connectivity index (χ1v) is 9.11. The van der Waals surface area contributed by atoms with Crippen LogP contribution in [0.25, 0.3) is 0 Å². The number of likely N-dealkylation sites (N-methyl/N-ethyl adjacent to an activating group) is 1. The normalized spacial score (nSPS) is 20.5. The van der Waals surface area contributed by atoms with Crippen molar-refractivity contribution in [2.75, 3.05) is 25.0 Å². The van der Waals surface area contributed by atoms with E-state index in [9.17, 15) is 0 Å². The lowest BCUT2D eigenvalue weighted by Crippen LogP contribution is -2.58. The minimum absolute atomic E-state index is 0.575. The van der Waals surface area contributed by atoms with Crippen molar-refractivity contribution in [1.82, 2.24) is 24.9 Å². The van der Waals surface area contributed by atoms with Gasteiger partial charge in [-0.15, -0.1) is 5.10 Å². The van der Waals surface area contributed by atoms with Gasteiger partial charge in [-0.2, -0.15) is 10.2 Å². The quantitative estimate of drug-likeness (QED) is 0.840. The highest BCUT2D eigenvalue weighted by Gasteiger charge is 2.32. The summed E-state index contributed by atoms with van der Waals surface area (Å²) in [6.45, 7) is 4.08. The molecule has 2 aliphatic heterocycles. The lowest BCUT2D eigenvalue weighted by molar-refractivity contribution is 0.194. The number of aryl methyl sites for hydroxylation is 2. The van der Waals surface area contributed by atoms with Crippen LogP contribution in [-0.4, -0.2) is 51.1 Å². The van der Waals surface area contributed by atoms with E-state index in [1.165, 1.54) is 42.8 Å². The van der Waals surface area contributed by atoms with Crippen LogP contribution < -0.4 is 4.90 Å². The molecule has 0 bridgehead atoms. The molecule has 0 amide bonds. The van der Waals surface area contributed by atoms with Crippen LogP contribution in [0.3, 0.4) is 0 Å². The molecule has 1 saturated heterocycles. The highest BCUT2D eigenvalue weighted by Crippen LogP contribution is 2.38. The van der Waals surface area contributed by atoms with Gasteiger partial charge < -0.3 is 4.90 Å². The molecule has 126 valence electrons. The Morgan fingerprint density at radius 1 is 1.21 bits per heavy atom. The SMILES string of the molecule is CN(Cc1cc2n(n1)CCC2)C1CN(c2ccc(C3CC3)nn2)C1. The smallest absolute Gasteiger partial charge is 0.151 e. The second-order valence-electron chi connectivity index (χ2n) is 7.52. The minimum atomic E-state index is 0.575. The van der Waals surface area contributed by atoms with E-state index in [1.54, 1.807) is 0 Å². The van der Waals surface area contributed by atoms with Gasteiger partial charge in [0.2, 0.25) is 0 Å². The van der Waals surface area contributed by atoms with Crippen LogP contribution in [-0.2, 0) is 19.5 Å². The molecular formula is C18H24N6. The average molecular weight is 324 g/mol. The average Bonchev–Trinajstić information content (AvgIpc) is 3.18. The minimum Gasteiger partial charge on any atom is -0.352 e. The van der Waals surface area contributed by atoms with Gasteiger partial charge in [0.25, 0.3) is 0 Å². The summed E-state index contributed by atoms with van der Waals surface area (Å²) >= 11 is 0. The molecule has 4 heterocycles. The Balaban J connectivity index is 1.16. The van der Waals surface area contributed by atoms with Crippen LogP contribution in [0.1, 0.15) is 42.3 Å². The maximum Gasteiger partial charge on any atom is 0.151 e. The van der Waals surface area contributed by atoms with E-state index in [0.29, 0.717) is 12.0 Å². The molecule has 2 aromatic rings. The summed E-state index contributed by atoms with van der Waals surface area (Å²) in [4.78, 5) is 4.73. The second kappa shape index (κ2) is 5.55. The summed E-state index contributed by atoms with van der Waals surface area (Å²) in [5.41, 5.74) is 3.78. The third-order valence-corrected chi connectivity index (χ3v) is 5.60. The fourth-order valence-electron chi connectivity index (χ4n) is 3.80. The van der Waals surface area contributed by atoms with Crippen molar-refractivity contribution in [2.45, 2.75) is 50.7 Å². The third-order valence-electron chi connectivity index (χ3n) is 5.60. The molecule has 0 atom stereocenters. The van der Waals surface area contributed by atoms with Crippen LogP contribution in [0.2, 0.25) is 0 Å². The maximum absolute atomic E-state index is 4.72. The predicted octanol–water partition coefficient (Wildman–Crippen LogP) is 1.82. The van der Waals surface area contributed by atoms with E-state index < -0.39 is 0 Å². The number of fused-ring (bicyclic) bond motifs is 1. The van der Waals surface area contributed by atoms with Crippen molar-refractivity contribution in [3.63, 3.8) is 0 Å². The first-order valence-electron chi connectivity index (χ1n) is 9.11. The van der Waals surface area contributed by atoms with E-state index in [1.807, 2.05) is 0 Å². The lowest BCUT2D eigenvalue weighted by atomic mass is 10.1. The van der Waals surface area contributed by atoms with Crippen molar-refractivity contribution in [2.24, 2.45) is 0 Å². The number of nitrogens with zero attached hydrogens (tertiary/aromatic N) is 6. The van der Waals surface area contributed by atoms with Crippen molar-refractivity contribution >= 4 is 5.82 Å². The Labute approximate surface area is 142 Å². The summed E-state index contributed by atoms with van der Waals surface area (Å²) in [6, 6.07) is 7.15. The van der Waals surface area contributed by atoms with Gasteiger partial charge in [0, 0.05) is 43.8 Å². The van der Waals surface area contributed by atoms with Crippen molar-refractivity contribution in [3.05, 3.63) is 35.3 Å². The van der Waals surface area contributed by atoms with Gasteiger partial charge in [0.1, 0.15) is 0 Å². The fourth-order valence-corrected chi connectivity index (χ4v) is 3.80. The van der Waals surface area contributed by atoms with Crippen LogP contribution in [0, 0.1) is 0 Å². The molecule has 0 radical (unpaired) electrons. The van der Waals surface area contributed by atoms with Crippen LogP contribution in [0.4, 0.5) is 5.82 Å². The van der Waals surface area contributed by atoms with Gasteiger partial charge in [-0.3, -0.25) is 9.58 Å². The highest BCUT2D eigenvalue weighted by atomic mass is 15.4. The van der Waals surface area contributed by atoms with Crippen molar-refractivity contribution < 1.29 is 0 Å². The molecular weight excluding hydrogens is 300 g/mol. The number of rotatable bonds is 5. The van der Waals surface area contributed by atoms with E-state index in [-0.39, 0.29) is 0 Å². The molecule has 0 spiro atoms. The Kier molecular flexibility index (Phi) is 3.33. The van der Waals surface area contributed by atoms with E-state index >= 15 is 0 Å². The predicted molar refractivity (Wildman–Crippen MR) is 92.0 cm³/mol. The van der Waals surface area contributed by atoms with Gasteiger partial charge in [0.15, 0.2) is 5.82 Å². The molecule has 0 aromatic carbocycles. The van der Waals surface area contributed by atoms with Gasteiger partial charge >= 0.3 is 0 Å². The van der Waals surface area contributed by atoms with Crippen molar-refractivity contribution in [3.8, 4) is 0 Å². The van der Waals surface area contributed by atoms with Gasteiger partial charge in [-0.25, -0.2) is 0 Å². The molecule has 1 aliphatic carbocycles. The number of hydrogen-bond acceptors (Lipinski definition) is 5. The Morgan fingerprint density at radius 3 is 2.79 bits per heavy atom. The van der Waals surface area contributed by atoms with E-state index in [4.69, 9.17) is 5.10 Å². The van der Waals surface area contributed by atoms with Crippen molar-refractivity contribution in [1.29, 1.82) is 0 Å². The summed E-state index contributed by atoms with van der Waals surface area (Å²) in [7, 11) is 2.20. The Hall–Kier alpha value is -1.95. The zero-order chi connectivity index (χ0) is 16.1. The van der Waals surface area contributed by atoms with Crippen LogP contribution in [0.15, 0.2) is 18.2 Å². The molecule has 24 heavy (non-hydrogen) atoms. The first-order chi connectivity index (χ1) is 11.8. The topological polar surface area (TPSA) is 50.1 Å². The molecule has 3 aliphatic rings. The Morgan fingerprint density at radius 2 is 2.08 bits per heavy atom. The van der Waals surface area contributed by atoms with Crippen LogP contribution in [0.5, 0.6) is 0 Å². The first kappa shape index (κ1) is 14.4. The number of aromatic nitrogens is 4. The van der Waals surface area contributed by atoms with E-state index in [0.717, 1.165) is 32.0 Å². The molecule has 0 N–H and O–H groups in total. The zero-order valence-electron chi connectivity index (χ0n) is 14.2. The third kappa shape index (κ3) is 2.59. The molecule has 6 heteroatoms.